The Labute approximate surface area is 269 Å². The fourth-order valence-corrected chi connectivity index (χ4v) is 6.59. The van der Waals surface area contributed by atoms with Crippen molar-refractivity contribution >= 4 is 50.7 Å². The van der Waals surface area contributed by atoms with Gasteiger partial charge in [0, 0.05) is 25.0 Å². The third-order valence-corrected chi connectivity index (χ3v) is 9.24. The second-order valence-corrected chi connectivity index (χ2v) is 12.7. The van der Waals surface area contributed by atoms with E-state index in [4.69, 9.17) is 23.2 Å². The standard InChI is InChI=1S/C32H28Cl2F3N3O4S/c1-38-31(42)29(18-22-9-4-2-5-10-22)39(20-23-11-8-12-25(33)17-23)30(41)21-40(45(43,44)26-13-6-3-7-14-26)28-19-24(32(35,36)37)15-16-27(28)34/h2-17,19,29H,18,20-21H2,1H3,(H,38,42)/t29-/m0/s1. The third-order valence-electron chi connectivity index (χ3n) is 6.91. The number of likely N-dealkylation sites (N-methyl/N-ethyl adjacent to an activating group) is 1. The Morgan fingerprint density at radius 2 is 1.47 bits per heavy atom. The fourth-order valence-electron chi connectivity index (χ4n) is 4.67. The van der Waals surface area contributed by atoms with E-state index in [1.54, 1.807) is 60.7 Å². The summed E-state index contributed by atoms with van der Waals surface area (Å²) in [5.74, 6) is -1.41. The summed E-state index contributed by atoms with van der Waals surface area (Å²) in [4.78, 5) is 28.5. The number of sulfonamides is 1. The van der Waals surface area contributed by atoms with Crippen molar-refractivity contribution in [1.82, 2.24) is 10.2 Å². The second-order valence-electron chi connectivity index (χ2n) is 9.96. The minimum Gasteiger partial charge on any atom is -0.357 e. The zero-order valence-electron chi connectivity index (χ0n) is 23.8. The summed E-state index contributed by atoms with van der Waals surface area (Å²) < 4.78 is 69.7. The maximum absolute atomic E-state index is 14.3. The van der Waals surface area contributed by atoms with Crippen molar-refractivity contribution in [3.63, 3.8) is 0 Å². The normalized spacial score (nSPS) is 12.3. The van der Waals surface area contributed by atoms with Crippen molar-refractivity contribution in [3.8, 4) is 0 Å². The first kappa shape index (κ1) is 33.8. The first-order valence-corrected chi connectivity index (χ1v) is 15.7. The molecule has 0 saturated carbocycles. The Bertz CT molecular complexity index is 1760. The summed E-state index contributed by atoms with van der Waals surface area (Å²) in [5.41, 5.74) is -0.464. The van der Waals surface area contributed by atoms with Crippen molar-refractivity contribution in [2.75, 3.05) is 17.9 Å². The van der Waals surface area contributed by atoms with Crippen LogP contribution in [0, 0.1) is 0 Å². The van der Waals surface area contributed by atoms with E-state index < -0.39 is 51.9 Å². The summed E-state index contributed by atoms with van der Waals surface area (Å²) in [6, 6.07) is 23.4. The van der Waals surface area contributed by atoms with E-state index in [1.807, 2.05) is 0 Å². The molecule has 7 nitrogen and oxygen atoms in total. The van der Waals surface area contributed by atoms with Gasteiger partial charge in [-0.1, -0.05) is 83.9 Å². The third kappa shape index (κ3) is 8.36. The molecule has 4 rings (SSSR count). The molecule has 0 fully saturated rings. The van der Waals surface area contributed by atoms with E-state index >= 15 is 0 Å². The number of carbonyl (C=O) groups is 2. The molecule has 4 aromatic carbocycles. The molecule has 2 amide bonds. The maximum atomic E-state index is 14.3. The van der Waals surface area contributed by atoms with Crippen LogP contribution in [-0.2, 0) is 38.8 Å². The van der Waals surface area contributed by atoms with Gasteiger partial charge in [0.15, 0.2) is 0 Å². The predicted molar refractivity (Wildman–Crippen MR) is 167 cm³/mol. The molecule has 0 radical (unpaired) electrons. The molecule has 0 aliphatic heterocycles. The number of rotatable bonds is 11. The van der Waals surface area contributed by atoms with Gasteiger partial charge in [0.1, 0.15) is 12.6 Å². The van der Waals surface area contributed by atoms with Gasteiger partial charge in [0.05, 0.1) is 21.2 Å². The predicted octanol–water partition coefficient (Wildman–Crippen LogP) is 6.59. The van der Waals surface area contributed by atoms with Gasteiger partial charge in [-0.15, -0.1) is 0 Å². The molecule has 0 aliphatic carbocycles. The molecule has 236 valence electrons. The van der Waals surface area contributed by atoms with Crippen LogP contribution in [0.2, 0.25) is 10.0 Å². The molecule has 4 aromatic rings. The van der Waals surface area contributed by atoms with Crippen molar-refractivity contribution in [3.05, 3.63) is 130 Å². The number of halogens is 5. The van der Waals surface area contributed by atoms with Crippen LogP contribution in [0.15, 0.2) is 108 Å². The molecule has 0 spiro atoms. The Morgan fingerprint density at radius 3 is 2.07 bits per heavy atom. The van der Waals surface area contributed by atoms with Gasteiger partial charge in [0.25, 0.3) is 10.0 Å². The number of carbonyl (C=O) groups excluding carboxylic acids is 2. The van der Waals surface area contributed by atoms with Crippen LogP contribution >= 0.6 is 23.2 Å². The Hall–Kier alpha value is -4.06. The van der Waals surface area contributed by atoms with Crippen LogP contribution in [-0.4, -0.2) is 44.8 Å². The summed E-state index contributed by atoms with van der Waals surface area (Å²) in [6.07, 6.45) is -4.77. The van der Waals surface area contributed by atoms with Crippen molar-refractivity contribution in [2.24, 2.45) is 0 Å². The van der Waals surface area contributed by atoms with Crippen LogP contribution in [0.1, 0.15) is 16.7 Å². The van der Waals surface area contributed by atoms with Crippen molar-refractivity contribution in [1.29, 1.82) is 0 Å². The molecule has 1 N–H and O–H groups in total. The molecule has 1 atom stereocenters. The zero-order valence-corrected chi connectivity index (χ0v) is 26.2. The van der Waals surface area contributed by atoms with Gasteiger partial charge < -0.3 is 10.2 Å². The van der Waals surface area contributed by atoms with Crippen LogP contribution in [0.3, 0.4) is 0 Å². The second kappa shape index (κ2) is 14.4. The van der Waals surface area contributed by atoms with Crippen LogP contribution in [0.5, 0.6) is 0 Å². The number of nitrogens with one attached hydrogen (secondary N) is 1. The minimum atomic E-state index is -4.83. The molecule has 13 heteroatoms. The SMILES string of the molecule is CNC(=O)[C@H](Cc1ccccc1)N(Cc1cccc(Cl)c1)C(=O)CN(c1cc(C(F)(F)F)ccc1Cl)S(=O)(=O)c1ccccc1. The highest BCUT2D eigenvalue weighted by atomic mass is 35.5. The lowest BCUT2D eigenvalue weighted by Gasteiger charge is -2.34. The maximum Gasteiger partial charge on any atom is 0.416 e. The average molecular weight is 679 g/mol. The van der Waals surface area contributed by atoms with E-state index in [0.717, 1.165) is 6.07 Å². The smallest absolute Gasteiger partial charge is 0.357 e. The molecule has 0 bridgehead atoms. The van der Waals surface area contributed by atoms with E-state index in [-0.39, 0.29) is 22.9 Å². The monoisotopic (exact) mass is 677 g/mol. The molecule has 0 unspecified atom stereocenters. The van der Waals surface area contributed by atoms with Gasteiger partial charge in [-0.3, -0.25) is 13.9 Å². The van der Waals surface area contributed by atoms with E-state index in [9.17, 15) is 31.2 Å². The Kier molecular flexibility index (Phi) is 10.8. The summed E-state index contributed by atoms with van der Waals surface area (Å²) in [7, 11) is -3.25. The van der Waals surface area contributed by atoms with Crippen molar-refractivity contribution < 1.29 is 31.2 Å². The Balaban J connectivity index is 1.85. The summed E-state index contributed by atoms with van der Waals surface area (Å²) in [5, 5.41) is 2.59. The van der Waals surface area contributed by atoms with Crippen molar-refractivity contribution in [2.45, 2.75) is 30.1 Å². The van der Waals surface area contributed by atoms with Crippen LogP contribution in [0.4, 0.5) is 18.9 Å². The topological polar surface area (TPSA) is 86.8 Å². The minimum absolute atomic E-state index is 0.0581. The summed E-state index contributed by atoms with van der Waals surface area (Å²) >= 11 is 12.5. The molecule has 45 heavy (non-hydrogen) atoms. The lowest BCUT2D eigenvalue weighted by molar-refractivity contribution is -0.139. The van der Waals surface area contributed by atoms with Gasteiger partial charge >= 0.3 is 6.18 Å². The molecular formula is C32H28Cl2F3N3O4S. The fraction of sp³-hybridized carbons (Fsp3) is 0.188. The highest BCUT2D eigenvalue weighted by molar-refractivity contribution is 7.92. The number of alkyl halides is 3. The lowest BCUT2D eigenvalue weighted by Crippen LogP contribution is -2.53. The average Bonchev–Trinajstić information content (AvgIpc) is 3.01. The largest absolute Gasteiger partial charge is 0.416 e. The first-order valence-electron chi connectivity index (χ1n) is 13.5. The molecule has 0 heterocycles. The Morgan fingerprint density at radius 1 is 0.844 bits per heavy atom. The van der Waals surface area contributed by atoms with E-state index in [1.165, 1.54) is 36.2 Å². The van der Waals surface area contributed by atoms with Crippen LogP contribution in [0.25, 0.3) is 0 Å². The molecule has 0 saturated heterocycles. The zero-order chi connectivity index (χ0) is 32.8. The van der Waals surface area contributed by atoms with Gasteiger partial charge in [-0.05, 0) is 53.6 Å². The van der Waals surface area contributed by atoms with E-state index in [0.29, 0.717) is 32.6 Å². The number of nitrogens with zero attached hydrogens (tertiary/aromatic N) is 2. The first-order chi connectivity index (χ1) is 21.3. The summed E-state index contributed by atoms with van der Waals surface area (Å²) in [6.45, 7) is -1.14. The van der Waals surface area contributed by atoms with Crippen LogP contribution < -0.4 is 9.62 Å². The molecular weight excluding hydrogens is 650 g/mol. The van der Waals surface area contributed by atoms with E-state index in [2.05, 4.69) is 5.32 Å². The lowest BCUT2D eigenvalue weighted by atomic mass is 10.0. The molecule has 0 aromatic heterocycles. The highest BCUT2D eigenvalue weighted by Crippen LogP contribution is 2.37. The highest BCUT2D eigenvalue weighted by Gasteiger charge is 2.37. The number of amides is 2. The van der Waals surface area contributed by atoms with Gasteiger partial charge in [-0.2, -0.15) is 13.2 Å². The van der Waals surface area contributed by atoms with Gasteiger partial charge in [-0.25, -0.2) is 8.42 Å². The number of benzene rings is 4. The van der Waals surface area contributed by atoms with Gasteiger partial charge in [0.2, 0.25) is 11.8 Å². The number of hydrogen-bond acceptors (Lipinski definition) is 4. The number of hydrogen-bond donors (Lipinski definition) is 1. The number of anilines is 1. The quantitative estimate of drug-likeness (QED) is 0.194. The molecule has 0 aliphatic rings.